The van der Waals surface area contributed by atoms with Crippen molar-refractivity contribution in [1.82, 2.24) is 4.31 Å². The van der Waals surface area contributed by atoms with E-state index in [-0.39, 0.29) is 19.4 Å². The maximum Gasteiger partial charge on any atom is 0.417 e. The lowest BCUT2D eigenvalue weighted by Crippen LogP contribution is -2.40. The highest BCUT2D eigenvalue weighted by Gasteiger charge is 2.42. The Kier molecular flexibility index (Phi) is 4.93. The van der Waals surface area contributed by atoms with Crippen LogP contribution in [0.1, 0.15) is 25.3 Å². The van der Waals surface area contributed by atoms with Crippen molar-refractivity contribution in [3.05, 3.63) is 28.8 Å². The Balaban J connectivity index is 2.49. The van der Waals surface area contributed by atoms with Crippen molar-refractivity contribution in [1.29, 1.82) is 0 Å². The van der Waals surface area contributed by atoms with Gasteiger partial charge in [0.1, 0.15) is 6.23 Å². The van der Waals surface area contributed by atoms with Gasteiger partial charge in [-0.15, -0.1) is 0 Å². The predicted molar refractivity (Wildman–Crippen MR) is 75.1 cm³/mol. The summed E-state index contributed by atoms with van der Waals surface area (Å²) in [5.41, 5.74) is -1.28. The fraction of sp³-hybridized carbons (Fsp3) is 0.462. The van der Waals surface area contributed by atoms with Crippen molar-refractivity contribution in [2.45, 2.75) is 37.1 Å². The third-order valence-corrected chi connectivity index (χ3v) is 5.41. The summed E-state index contributed by atoms with van der Waals surface area (Å²) in [7, 11) is -4.46. The van der Waals surface area contributed by atoms with Crippen molar-refractivity contribution in [3.8, 4) is 0 Å². The van der Waals surface area contributed by atoms with Gasteiger partial charge in [-0.2, -0.15) is 13.2 Å². The molecule has 0 aromatic heterocycles. The average molecular weight is 372 g/mol. The van der Waals surface area contributed by atoms with Crippen molar-refractivity contribution in [3.63, 3.8) is 0 Å². The summed E-state index contributed by atoms with van der Waals surface area (Å²) in [4.78, 5) is 11.2. The Labute approximate surface area is 136 Å². The van der Waals surface area contributed by atoms with E-state index in [1.54, 1.807) is 6.92 Å². The van der Waals surface area contributed by atoms with E-state index < -0.39 is 43.8 Å². The number of benzene rings is 1. The van der Waals surface area contributed by atoms with Gasteiger partial charge in [0.15, 0.2) is 0 Å². The molecule has 1 heterocycles. The number of alkyl halides is 3. The van der Waals surface area contributed by atoms with Gasteiger partial charge in [0.25, 0.3) is 10.0 Å². The molecule has 0 aliphatic carbocycles. The van der Waals surface area contributed by atoms with E-state index in [1.165, 1.54) is 0 Å². The SMILES string of the molecule is CCOC1CCC(=O)N1S(=O)(=O)c1ccc(Cl)c(C(F)(F)F)c1. The Morgan fingerprint density at radius 3 is 2.61 bits per heavy atom. The Morgan fingerprint density at radius 1 is 1.39 bits per heavy atom. The van der Waals surface area contributed by atoms with Gasteiger partial charge in [-0.3, -0.25) is 4.79 Å². The lowest BCUT2D eigenvalue weighted by atomic mass is 10.2. The molecule has 0 bridgehead atoms. The summed E-state index contributed by atoms with van der Waals surface area (Å²) >= 11 is 5.48. The van der Waals surface area contributed by atoms with Gasteiger partial charge >= 0.3 is 6.18 Å². The molecule has 1 saturated heterocycles. The first kappa shape index (κ1) is 18.0. The van der Waals surface area contributed by atoms with Gasteiger partial charge in [0.2, 0.25) is 5.91 Å². The van der Waals surface area contributed by atoms with E-state index in [4.69, 9.17) is 16.3 Å². The molecular weight excluding hydrogens is 359 g/mol. The lowest BCUT2D eigenvalue weighted by Gasteiger charge is -2.24. The maximum absolute atomic E-state index is 12.9. The lowest BCUT2D eigenvalue weighted by molar-refractivity contribution is -0.137. The number of carbonyl (C=O) groups excluding carboxylic acids is 1. The third kappa shape index (κ3) is 3.46. The van der Waals surface area contributed by atoms with Crippen molar-refractivity contribution >= 4 is 27.5 Å². The summed E-state index contributed by atoms with van der Waals surface area (Å²) in [5.74, 6) is -0.716. The van der Waals surface area contributed by atoms with Crippen molar-refractivity contribution < 1.29 is 31.1 Å². The van der Waals surface area contributed by atoms with Crippen molar-refractivity contribution in [2.24, 2.45) is 0 Å². The fourth-order valence-corrected chi connectivity index (χ4v) is 4.06. The molecule has 1 unspecified atom stereocenters. The number of hydrogen-bond donors (Lipinski definition) is 0. The second-order valence-electron chi connectivity index (χ2n) is 4.78. The molecule has 10 heteroatoms. The normalized spacial score (nSPS) is 19.4. The first-order valence-electron chi connectivity index (χ1n) is 6.64. The van der Waals surface area contributed by atoms with Crippen molar-refractivity contribution in [2.75, 3.05) is 6.61 Å². The molecule has 1 fully saturated rings. The number of nitrogens with zero attached hydrogens (tertiary/aromatic N) is 1. The second-order valence-corrected chi connectivity index (χ2v) is 7.00. The van der Waals surface area contributed by atoms with E-state index in [0.29, 0.717) is 10.4 Å². The summed E-state index contributed by atoms with van der Waals surface area (Å²) < 4.78 is 69.4. The van der Waals surface area contributed by atoms with Crippen LogP contribution < -0.4 is 0 Å². The summed E-state index contributed by atoms with van der Waals surface area (Å²) in [6.45, 7) is 1.79. The first-order valence-corrected chi connectivity index (χ1v) is 8.46. The summed E-state index contributed by atoms with van der Waals surface area (Å²) in [5, 5.41) is -0.620. The second kappa shape index (κ2) is 6.29. The first-order chi connectivity index (χ1) is 10.6. The van der Waals surface area contributed by atoms with E-state index in [9.17, 15) is 26.4 Å². The molecular formula is C13H13ClF3NO4S. The number of ether oxygens (including phenoxy) is 1. The molecule has 1 aliphatic rings. The number of hydrogen-bond acceptors (Lipinski definition) is 4. The third-order valence-electron chi connectivity index (χ3n) is 3.27. The molecule has 5 nitrogen and oxygen atoms in total. The standard InChI is InChI=1S/C13H13ClF3NO4S/c1-2-22-12-6-5-11(19)18(12)23(20,21)8-3-4-10(14)9(7-8)13(15,16)17/h3-4,7,12H,2,5-6H2,1H3. The molecule has 0 radical (unpaired) electrons. The quantitative estimate of drug-likeness (QED) is 0.816. The molecule has 128 valence electrons. The van der Waals surface area contributed by atoms with Gasteiger partial charge in [0, 0.05) is 19.4 Å². The molecule has 1 amide bonds. The van der Waals surface area contributed by atoms with E-state index in [2.05, 4.69) is 0 Å². The summed E-state index contributed by atoms with van der Waals surface area (Å²) in [6.07, 6.45) is -5.71. The predicted octanol–water partition coefficient (Wildman–Crippen LogP) is 3.03. The number of halogens is 4. The largest absolute Gasteiger partial charge is 0.417 e. The molecule has 0 saturated carbocycles. The monoisotopic (exact) mass is 371 g/mol. The van der Waals surface area contributed by atoms with Crippen LogP contribution in [0.4, 0.5) is 13.2 Å². The Morgan fingerprint density at radius 2 is 2.04 bits per heavy atom. The van der Waals surface area contributed by atoms with Crippen LogP contribution in [0.25, 0.3) is 0 Å². The Hall–Kier alpha value is -1.32. The maximum atomic E-state index is 12.9. The van der Waals surface area contributed by atoms with Gasteiger partial charge in [-0.05, 0) is 25.1 Å². The van der Waals surface area contributed by atoms with Crippen LogP contribution in [0.2, 0.25) is 5.02 Å². The minimum Gasteiger partial charge on any atom is -0.357 e. The molecule has 1 aromatic rings. The zero-order chi connectivity index (χ0) is 17.4. The van der Waals surface area contributed by atoms with E-state index >= 15 is 0 Å². The number of amides is 1. The van der Waals surface area contributed by atoms with Crippen LogP contribution in [0, 0.1) is 0 Å². The summed E-state index contributed by atoms with van der Waals surface area (Å²) in [6, 6.07) is 2.20. The van der Waals surface area contributed by atoms with Crippen LogP contribution in [0.15, 0.2) is 23.1 Å². The fourth-order valence-electron chi connectivity index (χ4n) is 2.26. The van der Waals surface area contributed by atoms with Crippen LogP contribution in [-0.4, -0.2) is 31.5 Å². The molecule has 1 aromatic carbocycles. The molecule has 0 spiro atoms. The highest BCUT2D eigenvalue weighted by molar-refractivity contribution is 7.89. The zero-order valence-corrected chi connectivity index (χ0v) is 13.5. The molecule has 1 aliphatic heterocycles. The molecule has 1 atom stereocenters. The molecule has 2 rings (SSSR count). The zero-order valence-electron chi connectivity index (χ0n) is 11.9. The van der Waals surface area contributed by atoms with E-state index in [0.717, 1.165) is 12.1 Å². The minimum absolute atomic E-state index is 0.0520. The average Bonchev–Trinajstić information content (AvgIpc) is 2.80. The smallest absolute Gasteiger partial charge is 0.357 e. The number of rotatable bonds is 4. The van der Waals surface area contributed by atoms with Gasteiger partial charge in [0.05, 0.1) is 15.5 Å². The topological polar surface area (TPSA) is 63.7 Å². The highest BCUT2D eigenvalue weighted by atomic mass is 35.5. The van der Waals surface area contributed by atoms with Crippen LogP contribution >= 0.6 is 11.6 Å². The number of sulfonamides is 1. The Bertz CT molecular complexity index is 720. The van der Waals surface area contributed by atoms with Gasteiger partial charge in [-0.25, -0.2) is 12.7 Å². The molecule has 0 N–H and O–H groups in total. The van der Waals surface area contributed by atoms with Crippen LogP contribution in [0.5, 0.6) is 0 Å². The highest BCUT2D eigenvalue weighted by Crippen LogP contribution is 2.37. The van der Waals surface area contributed by atoms with Crippen LogP contribution in [-0.2, 0) is 25.7 Å². The van der Waals surface area contributed by atoms with Crippen LogP contribution in [0.3, 0.4) is 0 Å². The van der Waals surface area contributed by atoms with E-state index in [1.807, 2.05) is 0 Å². The minimum atomic E-state index is -4.81. The molecule has 23 heavy (non-hydrogen) atoms. The number of carbonyl (C=O) groups is 1. The van der Waals surface area contributed by atoms with Gasteiger partial charge < -0.3 is 4.74 Å². The van der Waals surface area contributed by atoms with Gasteiger partial charge in [-0.1, -0.05) is 11.6 Å².